The van der Waals surface area contributed by atoms with E-state index in [0.717, 1.165) is 26.1 Å². The summed E-state index contributed by atoms with van der Waals surface area (Å²) in [4.78, 5) is 5.20. The van der Waals surface area contributed by atoms with Crippen LogP contribution in [0, 0.1) is 0 Å². The maximum atomic E-state index is 5.88. The summed E-state index contributed by atoms with van der Waals surface area (Å²) in [5, 5.41) is 0. The first-order chi connectivity index (χ1) is 12.3. The highest BCUT2D eigenvalue weighted by Crippen LogP contribution is 2.19. The summed E-state index contributed by atoms with van der Waals surface area (Å²) >= 11 is 0. The van der Waals surface area contributed by atoms with Gasteiger partial charge in [-0.15, -0.1) is 0 Å². The van der Waals surface area contributed by atoms with E-state index in [0.29, 0.717) is 6.04 Å². The number of piperidine rings is 1. The molecule has 0 bridgehead atoms. The fourth-order valence-corrected chi connectivity index (χ4v) is 3.81. The zero-order chi connectivity index (χ0) is 17.3. The Morgan fingerprint density at radius 3 is 2.08 bits per heavy atom. The largest absolute Gasteiger partial charge is 0.329 e. The molecule has 3 nitrogen and oxygen atoms in total. The van der Waals surface area contributed by atoms with Gasteiger partial charge in [-0.05, 0) is 43.5 Å². The average Bonchev–Trinajstić information content (AvgIpc) is 2.68. The third kappa shape index (κ3) is 5.67. The Balaban J connectivity index is 1.47. The molecule has 0 aromatic heterocycles. The number of hydrogen-bond donors (Lipinski definition) is 1. The van der Waals surface area contributed by atoms with Crippen molar-refractivity contribution in [2.24, 2.45) is 5.73 Å². The second kappa shape index (κ2) is 9.71. The lowest BCUT2D eigenvalue weighted by molar-refractivity contribution is 0.105. The fourth-order valence-electron chi connectivity index (χ4n) is 3.81. The van der Waals surface area contributed by atoms with Crippen LogP contribution in [0.25, 0.3) is 0 Å². The van der Waals surface area contributed by atoms with Crippen LogP contribution < -0.4 is 5.73 Å². The molecule has 1 saturated heterocycles. The molecule has 134 valence electrons. The molecule has 3 heteroatoms. The second-order valence-electron chi connectivity index (χ2n) is 7.05. The third-order valence-corrected chi connectivity index (χ3v) is 5.28. The Kier molecular flexibility index (Phi) is 7.04. The van der Waals surface area contributed by atoms with Crippen LogP contribution in [0.4, 0.5) is 0 Å². The monoisotopic (exact) mass is 337 g/mol. The van der Waals surface area contributed by atoms with Crippen LogP contribution in [-0.4, -0.2) is 48.6 Å². The van der Waals surface area contributed by atoms with E-state index in [2.05, 4.69) is 70.5 Å². The number of nitrogens with two attached hydrogens (primary N) is 1. The van der Waals surface area contributed by atoms with E-state index in [1.807, 2.05) is 0 Å². The molecule has 1 heterocycles. The molecule has 0 atom stereocenters. The number of nitrogens with zero attached hydrogens (tertiary/aromatic N) is 2. The zero-order valence-corrected chi connectivity index (χ0v) is 15.2. The molecule has 25 heavy (non-hydrogen) atoms. The molecule has 0 radical (unpaired) electrons. The minimum absolute atomic E-state index is 0.664. The standard InChI is InChI=1S/C22H31N3/c23-14-18-25(19-21-9-5-2-6-10-21)22-12-16-24(17-13-22)15-11-20-7-3-1-4-8-20/h1-10,22H,11-19,23H2. The van der Waals surface area contributed by atoms with Gasteiger partial charge in [0.15, 0.2) is 0 Å². The molecule has 0 spiro atoms. The van der Waals surface area contributed by atoms with Crippen LogP contribution in [0.15, 0.2) is 60.7 Å². The number of rotatable bonds is 8. The molecule has 1 aliphatic rings. The smallest absolute Gasteiger partial charge is 0.0237 e. The van der Waals surface area contributed by atoms with Crippen LogP contribution in [0.2, 0.25) is 0 Å². The predicted molar refractivity (Wildman–Crippen MR) is 106 cm³/mol. The maximum absolute atomic E-state index is 5.88. The van der Waals surface area contributed by atoms with Crippen molar-refractivity contribution in [1.29, 1.82) is 0 Å². The van der Waals surface area contributed by atoms with Gasteiger partial charge in [0, 0.05) is 32.2 Å². The molecule has 1 fully saturated rings. The van der Waals surface area contributed by atoms with Crippen LogP contribution in [0.5, 0.6) is 0 Å². The van der Waals surface area contributed by atoms with Gasteiger partial charge in [0.2, 0.25) is 0 Å². The maximum Gasteiger partial charge on any atom is 0.0237 e. The highest BCUT2D eigenvalue weighted by Gasteiger charge is 2.24. The Morgan fingerprint density at radius 1 is 0.880 bits per heavy atom. The van der Waals surface area contributed by atoms with Crippen molar-refractivity contribution in [3.63, 3.8) is 0 Å². The van der Waals surface area contributed by atoms with Gasteiger partial charge >= 0.3 is 0 Å². The summed E-state index contributed by atoms with van der Waals surface area (Å²) in [5.74, 6) is 0. The molecule has 1 aliphatic heterocycles. The summed E-state index contributed by atoms with van der Waals surface area (Å²) in [5.41, 5.74) is 8.71. The van der Waals surface area contributed by atoms with Crippen molar-refractivity contribution in [1.82, 2.24) is 9.80 Å². The van der Waals surface area contributed by atoms with E-state index < -0.39 is 0 Å². The molecule has 2 aromatic carbocycles. The molecule has 2 N–H and O–H groups in total. The van der Waals surface area contributed by atoms with E-state index in [9.17, 15) is 0 Å². The number of hydrogen-bond acceptors (Lipinski definition) is 3. The van der Waals surface area contributed by atoms with Gasteiger partial charge in [0.1, 0.15) is 0 Å². The lowest BCUT2D eigenvalue weighted by atomic mass is 10.0. The van der Waals surface area contributed by atoms with E-state index in [1.165, 1.54) is 43.6 Å². The second-order valence-corrected chi connectivity index (χ2v) is 7.05. The van der Waals surface area contributed by atoms with Crippen LogP contribution in [0.1, 0.15) is 24.0 Å². The van der Waals surface area contributed by atoms with Gasteiger partial charge in [-0.1, -0.05) is 60.7 Å². The first-order valence-corrected chi connectivity index (χ1v) is 9.59. The van der Waals surface area contributed by atoms with Gasteiger partial charge in [-0.2, -0.15) is 0 Å². The van der Waals surface area contributed by atoms with Gasteiger partial charge in [0.05, 0.1) is 0 Å². The first-order valence-electron chi connectivity index (χ1n) is 9.59. The zero-order valence-electron chi connectivity index (χ0n) is 15.2. The molecular weight excluding hydrogens is 306 g/mol. The molecule has 2 aromatic rings. The minimum Gasteiger partial charge on any atom is -0.329 e. The highest BCUT2D eigenvalue weighted by atomic mass is 15.2. The van der Waals surface area contributed by atoms with Crippen LogP contribution >= 0.6 is 0 Å². The van der Waals surface area contributed by atoms with E-state index in [1.54, 1.807) is 0 Å². The molecule has 0 saturated carbocycles. The van der Waals surface area contributed by atoms with Crippen molar-refractivity contribution in [2.75, 3.05) is 32.7 Å². The van der Waals surface area contributed by atoms with Gasteiger partial charge in [-0.25, -0.2) is 0 Å². The predicted octanol–water partition coefficient (Wildman–Crippen LogP) is 3.15. The topological polar surface area (TPSA) is 32.5 Å². The van der Waals surface area contributed by atoms with Crippen molar-refractivity contribution in [3.05, 3.63) is 71.8 Å². The van der Waals surface area contributed by atoms with Gasteiger partial charge in [0.25, 0.3) is 0 Å². The number of benzene rings is 2. The minimum atomic E-state index is 0.664. The van der Waals surface area contributed by atoms with Crippen molar-refractivity contribution in [2.45, 2.75) is 31.8 Å². The molecule has 0 unspecified atom stereocenters. The SMILES string of the molecule is NCCN(Cc1ccccc1)C1CCN(CCc2ccccc2)CC1. The Bertz CT molecular complexity index is 591. The van der Waals surface area contributed by atoms with Crippen LogP contribution in [0.3, 0.4) is 0 Å². The van der Waals surface area contributed by atoms with E-state index >= 15 is 0 Å². The molecule has 3 rings (SSSR count). The molecule has 0 amide bonds. The third-order valence-electron chi connectivity index (χ3n) is 5.28. The Labute approximate surface area is 152 Å². The van der Waals surface area contributed by atoms with Gasteiger partial charge < -0.3 is 10.6 Å². The van der Waals surface area contributed by atoms with Gasteiger partial charge in [-0.3, -0.25) is 4.90 Å². The normalized spacial score (nSPS) is 16.4. The summed E-state index contributed by atoms with van der Waals surface area (Å²) in [6.07, 6.45) is 3.66. The summed E-state index contributed by atoms with van der Waals surface area (Å²) < 4.78 is 0. The summed E-state index contributed by atoms with van der Waals surface area (Å²) in [6.45, 7) is 6.32. The first kappa shape index (κ1) is 18.1. The lowest BCUT2D eigenvalue weighted by Crippen LogP contribution is -2.46. The van der Waals surface area contributed by atoms with Crippen molar-refractivity contribution >= 4 is 0 Å². The lowest BCUT2D eigenvalue weighted by Gasteiger charge is -2.38. The molecule has 0 aliphatic carbocycles. The summed E-state index contributed by atoms with van der Waals surface area (Å²) in [7, 11) is 0. The summed E-state index contributed by atoms with van der Waals surface area (Å²) in [6, 6.07) is 22.3. The van der Waals surface area contributed by atoms with Crippen molar-refractivity contribution in [3.8, 4) is 0 Å². The number of likely N-dealkylation sites (tertiary alicyclic amines) is 1. The average molecular weight is 338 g/mol. The van der Waals surface area contributed by atoms with Crippen molar-refractivity contribution < 1.29 is 0 Å². The van der Waals surface area contributed by atoms with Crippen LogP contribution in [-0.2, 0) is 13.0 Å². The Morgan fingerprint density at radius 2 is 1.48 bits per heavy atom. The van der Waals surface area contributed by atoms with E-state index in [4.69, 9.17) is 5.73 Å². The quantitative estimate of drug-likeness (QED) is 0.803. The fraction of sp³-hybridized carbons (Fsp3) is 0.455. The highest BCUT2D eigenvalue weighted by molar-refractivity contribution is 5.15. The Hall–Kier alpha value is -1.68. The van der Waals surface area contributed by atoms with E-state index in [-0.39, 0.29) is 0 Å². The molecular formula is C22H31N3.